The quantitative estimate of drug-likeness (QED) is 0.187. The standard InChI is InChI=1S/C49H29N3O/c1-2-12-31-27-34(24-21-30(31)11-1)51-42-18-8-4-13-35(42)37-25-22-33(29-45(37)51)32-23-26-44-40(28-32)36-14-5-9-19-43(36)52(44)48-38-15-3-7-17-41(38)50-47-39-16-6-10-20-46(39)53-49(47)48/h1-29H. The number of aromatic nitrogens is 3. The van der Waals surface area contributed by atoms with Crippen LogP contribution < -0.4 is 0 Å². The maximum Gasteiger partial charge on any atom is 0.178 e. The number of hydrogen-bond acceptors (Lipinski definition) is 2. The van der Waals surface area contributed by atoms with Gasteiger partial charge in [0.1, 0.15) is 16.8 Å². The van der Waals surface area contributed by atoms with E-state index < -0.39 is 0 Å². The Labute approximate surface area is 303 Å². The molecule has 0 aliphatic carbocycles. The van der Waals surface area contributed by atoms with Crippen LogP contribution in [0.25, 0.3) is 110 Å². The summed E-state index contributed by atoms with van der Waals surface area (Å²) in [6.45, 7) is 0. The average Bonchev–Trinajstić information content (AvgIpc) is 3.87. The highest BCUT2D eigenvalue weighted by Crippen LogP contribution is 2.42. The van der Waals surface area contributed by atoms with Gasteiger partial charge in [-0.05, 0) is 82.6 Å². The van der Waals surface area contributed by atoms with Crippen LogP contribution in [-0.2, 0) is 0 Å². The van der Waals surface area contributed by atoms with Crippen LogP contribution in [0.15, 0.2) is 180 Å². The van der Waals surface area contributed by atoms with Crippen LogP contribution in [-0.4, -0.2) is 14.1 Å². The summed E-state index contributed by atoms with van der Waals surface area (Å²) in [5.41, 5.74) is 12.6. The number of fused-ring (bicyclic) bond motifs is 11. The number of furan rings is 1. The fraction of sp³-hybridized carbons (Fsp3) is 0. The number of nitrogens with zero attached hydrogens (tertiary/aromatic N) is 3. The van der Waals surface area contributed by atoms with E-state index in [-0.39, 0.29) is 0 Å². The van der Waals surface area contributed by atoms with Gasteiger partial charge < -0.3 is 13.6 Å². The molecular formula is C49H29N3O. The van der Waals surface area contributed by atoms with Gasteiger partial charge in [0.2, 0.25) is 0 Å². The molecule has 4 heterocycles. The Morgan fingerprint density at radius 2 is 1.02 bits per heavy atom. The SMILES string of the molecule is c1ccc2cc(-n3c4ccccc4c4ccc(-c5ccc6c(c5)c5ccccc5n6-c5c6ccccc6nc6c5oc5ccccc56)cc43)ccc2c1. The van der Waals surface area contributed by atoms with Gasteiger partial charge in [-0.1, -0.05) is 115 Å². The molecule has 0 saturated heterocycles. The first-order chi connectivity index (χ1) is 26.3. The minimum atomic E-state index is 0.795. The van der Waals surface area contributed by atoms with Crippen molar-refractivity contribution in [2.45, 2.75) is 0 Å². The number of benzene rings is 8. The van der Waals surface area contributed by atoms with Gasteiger partial charge in [0.15, 0.2) is 5.58 Å². The summed E-state index contributed by atoms with van der Waals surface area (Å²) in [7, 11) is 0. The second-order valence-electron chi connectivity index (χ2n) is 14.0. The van der Waals surface area contributed by atoms with Gasteiger partial charge >= 0.3 is 0 Å². The minimum absolute atomic E-state index is 0.795. The number of hydrogen-bond donors (Lipinski definition) is 0. The first-order valence-corrected chi connectivity index (χ1v) is 18.0. The van der Waals surface area contributed by atoms with Gasteiger partial charge in [0.05, 0.1) is 27.6 Å². The summed E-state index contributed by atoms with van der Waals surface area (Å²) in [5.74, 6) is 0. The van der Waals surface area contributed by atoms with Crippen molar-refractivity contribution in [1.29, 1.82) is 0 Å². The monoisotopic (exact) mass is 675 g/mol. The van der Waals surface area contributed by atoms with Gasteiger partial charge in [-0.25, -0.2) is 4.98 Å². The van der Waals surface area contributed by atoms with E-state index in [0.29, 0.717) is 0 Å². The average molecular weight is 676 g/mol. The maximum atomic E-state index is 6.66. The van der Waals surface area contributed by atoms with Crippen LogP contribution in [0.5, 0.6) is 0 Å². The molecule has 0 N–H and O–H groups in total. The lowest BCUT2D eigenvalue weighted by molar-refractivity contribution is 0.666. The summed E-state index contributed by atoms with van der Waals surface area (Å²) >= 11 is 0. The van der Waals surface area contributed by atoms with Crippen LogP contribution in [0, 0.1) is 0 Å². The molecule has 0 atom stereocenters. The van der Waals surface area contributed by atoms with Crippen molar-refractivity contribution in [2.75, 3.05) is 0 Å². The second-order valence-corrected chi connectivity index (χ2v) is 14.0. The summed E-state index contributed by atoms with van der Waals surface area (Å²) < 4.78 is 11.5. The van der Waals surface area contributed by atoms with E-state index in [1.165, 1.54) is 54.5 Å². The van der Waals surface area contributed by atoms with Crippen LogP contribution in [0.3, 0.4) is 0 Å². The van der Waals surface area contributed by atoms with Gasteiger partial charge in [-0.3, -0.25) is 0 Å². The fourth-order valence-corrected chi connectivity index (χ4v) is 8.68. The predicted octanol–water partition coefficient (Wildman–Crippen LogP) is 13.1. The number of para-hydroxylation sites is 4. The smallest absolute Gasteiger partial charge is 0.178 e. The third-order valence-corrected chi connectivity index (χ3v) is 11.1. The van der Waals surface area contributed by atoms with E-state index in [1.54, 1.807) is 0 Å². The molecule has 4 aromatic heterocycles. The molecule has 12 rings (SSSR count). The van der Waals surface area contributed by atoms with Crippen molar-refractivity contribution in [2.24, 2.45) is 0 Å². The molecule has 12 aromatic rings. The summed E-state index contributed by atoms with van der Waals surface area (Å²) in [6.07, 6.45) is 0. The molecule has 4 nitrogen and oxygen atoms in total. The van der Waals surface area contributed by atoms with Crippen molar-refractivity contribution in [3.63, 3.8) is 0 Å². The largest absolute Gasteiger partial charge is 0.452 e. The Hall–Kier alpha value is -7.17. The van der Waals surface area contributed by atoms with Crippen molar-refractivity contribution in [3.8, 4) is 22.5 Å². The van der Waals surface area contributed by atoms with E-state index in [9.17, 15) is 0 Å². The molecule has 0 spiro atoms. The lowest BCUT2D eigenvalue weighted by Gasteiger charge is -2.12. The lowest BCUT2D eigenvalue weighted by atomic mass is 10.0. The third-order valence-electron chi connectivity index (χ3n) is 11.1. The van der Waals surface area contributed by atoms with Crippen LogP contribution in [0.2, 0.25) is 0 Å². The molecule has 0 saturated carbocycles. The summed E-state index contributed by atoms with van der Waals surface area (Å²) in [4.78, 5) is 5.13. The van der Waals surface area contributed by atoms with Crippen molar-refractivity contribution >= 4 is 87.4 Å². The molecule has 0 unspecified atom stereocenters. The molecule has 0 aliphatic rings. The lowest BCUT2D eigenvalue weighted by Crippen LogP contribution is -1.97. The number of pyridine rings is 1. The molecule has 0 aliphatic heterocycles. The molecule has 4 heteroatoms. The Kier molecular flexibility index (Phi) is 5.74. The van der Waals surface area contributed by atoms with Crippen molar-refractivity contribution in [3.05, 3.63) is 176 Å². The Bertz CT molecular complexity index is 3470. The van der Waals surface area contributed by atoms with Crippen LogP contribution in [0.1, 0.15) is 0 Å². The Morgan fingerprint density at radius 3 is 1.89 bits per heavy atom. The molecular weight excluding hydrogens is 647 g/mol. The molecule has 0 amide bonds. The zero-order valence-electron chi connectivity index (χ0n) is 28.5. The van der Waals surface area contributed by atoms with E-state index in [4.69, 9.17) is 9.40 Å². The molecule has 8 aromatic carbocycles. The molecule has 0 fully saturated rings. The molecule has 0 radical (unpaired) electrons. The molecule has 53 heavy (non-hydrogen) atoms. The van der Waals surface area contributed by atoms with E-state index in [0.717, 1.165) is 55.4 Å². The second kappa shape index (κ2) is 10.7. The van der Waals surface area contributed by atoms with Gasteiger partial charge in [-0.15, -0.1) is 0 Å². The minimum Gasteiger partial charge on any atom is -0.452 e. The van der Waals surface area contributed by atoms with Crippen molar-refractivity contribution in [1.82, 2.24) is 14.1 Å². The van der Waals surface area contributed by atoms with E-state index in [2.05, 4.69) is 173 Å². The third kappa shape index (κ3) is 4.03. The van der Waals surface area contributed by atoms with Crippen molar-refractivity contribution < 1.29 is 4.42 Å². The highest BCUT2D eigenvalue weighted by atomic mass is 16.3. The number of rotatable bonds is 3. The maximum absolute atomic E-state index is 6.66. The highest BCUT2D eigenvalue weighted by molar-refractivity contribution is 6.17. The van der Waals surface area contributed by atoms with Gasteiger partial charge in [-0.2, -0.15) is 0 Å². The zero-order valence-corrected chi connectivity index (χ0v) is 28.5. The Balaban J connectivity index is 1.11. The zero-order chi connectivity index (χ0) is 34.6. The summed E-state index contributed by atoms with van der Waals surface area (Å²) in [5, 5.41) is 9.43. The fourth-order valence-electron chi connectivity index (χ4n) is 8.68. The van der Waals surface area contributed by atoms with Crippen LogP contribution in [0.4, 0.5) is 0 Å². The van der Waals surface area contributed by atoms with E-state index in [1.807, 2.05) is 12.1 Å². The molecule has 246 valence electrons. The topological polar surface area (TPSA) is 35.9 Å². The van der Waals surface area contributed by atoms with Gasteiger partial charge in [0.25, 0.3) is 0 Å². The summed E-state index contributed by atoms with van der Waals surface area (Å²) in [6, 6.07) is 63.2. The molecule has 0 bridgehead atoms. The normalized spacial score (nSPS) is 12.2. The predicted molar refractivity (Wildman–Crippen MR) is 221 cm³/mol. The van der Waals surface area contributed by atoms with Crippen LogP contribution >= 0.6 is 0 Å². The first kappa shape index (κ1) is 28.5. The Morgan fingerprint density at radius 1 is 0.396 bits per heavy atom. The van der Waals surface area contributed by atoms with Gasteiger partial charge in [0, 0.05) is 38.0 Å². The highest BCUT2D eigenvalue weighted by Gasteiger charge is 2.22. The first-order valence-electron chi connectivity index (χ1n) is 18.0. The van der Waals surface area contributed by atoms with E-state index >= 15 is 0 Å².